The molecule has 0 spiro atoms. The van der Waals surface area contributed by atoms with Gasteiger partial charge in [-0.25, -0.2) is 18.7 Å². The van der Waals surface area contributed by atoms with Gasteiger partial charge in [-0.15, -0.1) is 0 Å². The molecule has 4 aromatic carbocycles. The van der Waals surface area contributed by atoms with Crippen molar-refractivity contribution in [3.63, 3.8) is 0 Å². The number of carbonyl (C=O) groups is 8. The van der Waals surface area contributed by atoms with E-state index >= 15 is 0 Å². The fourth-order valence-corrected chi connectivity index (χ4v) is 21.7. The van der Waals surface area contributed by atoms with Gasteiger partial charge in [-0.3, -0.25) is 38.4 Å². The highest BCUT2D eigenvalue weighted by atomic mass is 16.5. The number of methoxy groups -OCH3 is 6. The van der Waals surface area contributed by atoms with Crippen molar-refractivity contribution >= 4 is 70.5 Å². The Balaban J connectivity index is 0.000000142. The van der Waals surface area contributed by atoms with E-state index in [2.05, 4.69) is 67.0 Å². The van der Waals surface area contributed by atoms with Crippen LogP contribution in [0.1, 0.15) is 234 Å². The lowest BCUT2D eigenvalue weighted by atomic mass is 9.87. The number of anilines is 4. The number of allylic oxidation sites excluding steroid dienone is 1. The lowest BCUT2D eigenvalue weighted by Gasteiger charge is -2.38. The van der Waals surface area contributed by atoms with Crippen molar-refractivity contribution in [2.45, 2.75) is 180 Å². The predicted octanol–water partition coefficient (Wildman–Crippen LogP) is 13.4. The van der Waals surface area contributed by atoms with Gasteiger partial charge in [0.1, 0.15) is 103 Å². The van der Waals surface area contributed by atoms with Gasteiger partial charge in [0.25, 0.3) is 23.6 Å². The molecule has 18 rings (SSSR count). The number of amides is 8. The number of benzene rings is 4. The molecule has 34 heteroatoms. The van der Waals surface area contributed by atoms with Crippen LogP contribution in [-0.4, -0.2) is 227 Å². The molecule has 4 atom stereocenters. The van der Waals surface area contributed by atoms with Crippen molar-refractivity contribution in [2.75, 3.05) is 142 Å². The van der Waals surface area contributed by atoms with Crippen molar-refractivity contribution < 1.29 is 73.6 Å². The standard InChI is InChI=1S/C26H33N5O4.C26H33N5O3.C25H33N5O4.C25H33N5O3/c1-4-21(32)30-11-8-15(9-12-30)18-7-10-28-26-23(25(27)33)24(29-31(18)26)17-13-19(34-2)22(16-5-6-16)20(14-17)35-3;1-4-21(32)30-11-8-16(9-12-30)19-7-10-28-26-23(25(27)33)24(29-31(19)26)18-13-15(2)22(17-5-6-17)20(14-18)34-3;1-5-6-21(31)29-11-8-16(9-12-29)18-7-10-27-25-22(24(26)32)23(28-30(18)25)17-13-19(33-3)15(2)20(14-17)34-4;1-5-16-13-18(14-20(33-4)15(16)3)23-22(24(26)32)25-27-10-7-19(30(25)28-23)17-8-11-29(12-9-17)21(31)6-2/h4,13-16,18,28H,1,5-12H2,2-3H3,(H2,27,33);4,13-14,16-17,19,28H,1,5-12H2,2-3H3,(H2,27,33);5-6,13-14,16,18,27H,7-12H2,1-4H3,(H2,26,32);6,13-14,17,19,27H,2,5,7-12H2,1,3-4H3,(H2,26,32)/b;;6-5+;/i2D3;;5D,6D;. The Kier molecular flexibility index (Phi) is 28.0. The largest absolute Gasteiger partial charge is 0.496 e. The van der Waals surface area contributed by atoms with Crippen LogP contribution in [0.4, 0.5) is 23.3 Å². The highest BCUT2D eigenvalue weighted by Gasteiger charge is 2.44. The van der Waals surface area contributed by atoms with E-state index in [1.807, 2.05) is 66.6 Å². The molecule has 10 aliphatic rings. The lowest BCUT2D eigenvalue weighted by molar-refractivity contribution is -0.128. The Morgan fingerprint density at radius 2 is 0.662 bits per heavy atom. The minimum atomic E-state index is -2.65. The third-order valence-electron chi connectivity index (χ3n) is 29.0. The molecule has 12 N–H and O–H groups in total. The monoisotopic (exact) mass is 1870 g/mol. The first-order valence-electron chi connectivity index (χ1n) is 49.9. The van der Waals surface area contributed by atoms with Gasteiger partial charge in [-0.05, 0) is 262 Å². The highest BCUT2D eigenvalue weighted by Crippen LogP contribution is 2.53. The number of rotatable bonds is 25. The van der Waals surface area contributed by atoms with E-state index in [1.165, 1.54) is 50.7 Å². The number of carbonyl (C=O) groups excluding carboxylic acids is 8. The number of nitrogens with zero attached hydrogens (tertiary/aromatic N) is 12. The maximum atomic E-state index is 12.7. The average molecular weight is 1870 g/mol. The first-order valence-corrected chi connectivity index (χ1v) is 47.4. The number of hydrogen-bond acceptors (Lipinski definition) is 22. The number of fused-ring (bicyclic) bond motifs is 4. The van der Waals surface area contributed by atoms with Gasteiger partial charge in [0.2, 0.25) is 23.6 Å². The van der Waals surface area contributed by atoms with Gasteiger partial charge in [0.05, 0.1) is 73.6 Å². The van der Waals surface area contributed by atoms with E-state index in [1.54, 1.807) is 50.4 Å². The normalized spacial score (nSPS) is 20.1. The summed E-state index contributed by atoms with van der Waals surface area (Å²) in [5.41, 5.74) is 36.0. The van der Waals surface area contributed by atoms with E-state index in [0.717, 1.165) is 154 Å². The molecule has 8 aromatic rings. The molecule has 34 nitrogen and oxygen atoms in total. The minimum Gasteiger partial charge on any atom is -0.496 e. The summed E-state index contributed by atoms with van der Waals surface area (Å²) in [7, 11) is 5.38. The molecule has 136 heavy (non-hydrogen) atoms. The van der Waals surface area contributed by atoms with Crippen LogP contribution in [0.3, 0.4) is 0 Å². The van der Waals surface area contributed by atoms with E-state index < -0.39 is 36.6 Å². The molecule has 0 bridgehead atoms. The van der Waals surface area contributed by atoms with Crippen molar-refractivity contribution in [1.29, 1.82) is 0 Å². The number of aromatic nitrogens is 8. The van der Waals surface area contributed by atoms with Gasteiger partial charge in [-0.2, -0.15) is 20.4 Å². The fourth-order valence-electron chi connectivity index (χ4n) is 21.7. The van der Waals surface area contributed by atoms with Crippen LogP contribution in [0.2, 0.25) is 0 Å². The molecule has 8 aliphatic heterocycles. The lowest BCUT2D eigenvalue weighted by Crippen LogP contribution is -2.41. The number of piperidine rings is 4. The molecule has 8 amide bonds. The molecule has 6 fully saturated rings. The molecule has 4 unspecified atom stereocenters. The summed E-state index contributed by atoms with van der Waals surface area (Å²) < 4.78 is 79.6. The molecule has 2 aliphatic carbocycles. The number of ether oxygens (including phenoxy) is 6. The zero-order chi connectivity index (χ0) is 101. The van der Waals surface area contributed by atoms with Crippen molar-refractivity contribution in [1.82, 2.24) is 58.7 Å². The molecule has 0 radical (unpaired) electrons. The summed E-state index contributed by atoms with van der Waals surface area (Å²) in [5, 5.41) is 33.1. The smallest absolute Gasteiger partial charge is 0.254 e. The molecule has 12 heterocycles. The van der Waals surface area contributed by atoms with Gasteiger partial charge in [-0.1, -0.05) is 32.7 Å². The molecule has 2 saturated carbocycles. The second-order valence-corrected chi connectivity index (χ2v) is 36.7. The summed E-state index contributed by atoms with van der Waals surface area (Å²) >= 11 is 0. The zero-order valence-electron chi connectivity index (χ0n) is 84.6. The maximum absolute atomic E-state index is 12.7. The first kappa shape index (κ1) is 90.3. The number of likely N-dealkylation sites (tertiary alicyclic amines) is 4. The summed E-state index contributed by atoms with van der Waals surface area (Å²) in [4.78, 5) is 106. The topological polar surface area (TPSA) is 428 Å². The number of primary amides is 4. The maximum Gasteiger partial charge on any atom is 0.254 e. The Hall–Kier alpha value is -13.6. The van der Waals surface area contributed by atoms with E-state index in [0.29, 0.717) is 180 Å². The van der Waals surface area contributed by atoms with Crippen LogP contribution in [-0.2, 0) is 25.6 Å². The van der Waals surface area contributed by atoms with Crippen molar-refractivity contribution in [3.05, 3.63) is 154 Å². The zero-order valence-corrected chi connectivity index (χ0v) is 79.6. The number of hydrogen-bond donors (Lipinski definition) is 8. The number of aryl methyl sites for hydroxylation is 2. The summed E-state index contributed by atoms with van der Waals surface area (Å²) in [5.74, 6) is 5.39. The van der Waals surface area contributed by atoms with E-state index in [4.69, 9.17) is 78.6 Å². The average Bonchev–Trinajstić information content (AvgIpc) is 1.59. The van der Waals surface area contributed by atoms with Crippen molar-refractivity contribution in [3.8, 4) is 79.5 Å². The number of nitrogens with one attached hydrogen (secondary N) is 4. The van der Waals surface area contributed by atoms with Gasteiger partial charge in [0.15, 0.2) is 0 Å². The van der Waals surface area contributed by atoms with Crippen LogP contribution in [0.15, 0.2) is 98.6 Å². The van der Waals surface area contributed by atoms with Crippen LogP contribution in [0, 0.1) is 44.4 Å². The predicted molar refractivity (Wildman–Crippen MR) is 523 cm³/mol. The van der Waals surface area contributed by atoms with Crippen LogP contribution < -0.4 is 72.6 Å². The summed E-state index contributed by atoms with van der Waals surface area (Å²) in [6.45, 7) is 28.3. The Morgan fingerprint density at radius 1 is 0.390 bits per heavy atom. The van der Waals surface area contributed by atoms with Gasteiger partial charge in [0, 0.05) is 117 Å². The molecule has 724 valence electrons. The Morgan fingerprint density at radius 3 is 0.941 bits per heavy atom. The molecular weight excluding hydrogens is 1730 g/mol. The minimum absolute atomic E-state index is 0.0131. The van der Waals surface area contributed by atoms with Crippen LogP contribution in [0.25, 0.3) is 45.0 Å². The Bertz CT molecular complexity index is 6120. The van der Waals surface area contributed by atoms with Crippen LogP contribution >= 0.6 is 0 Å². The van der Waals surface area contributed by atoms with E-state index in [9.17, 15) is 38.4 Å². The first-order chi connectivity index (χ1) is 67.6. The van der Waals surface area contributed by atoms with Gasteiger partial charge < -0.3 is 92.2 Å². The quantitative estimate of drug-likeness (QED) is 0.0246. The van der Waals surface area contributed by atoms with Gasteiger partial charge >= 0.3 is 0 Å². The second-order valence-electron chi connectivity index (χ2n) is 36.7. The van der Waals surface area contributed by atoms with Crippen LogP contribution in [0.5, 0.6) is 34.5 Å². The molecular formula is C102H132N20O14. The summed E-state index contributed by atoms with van der Waals surface area (Å²) in [6, 6.07) is 15.2. The Labute approximate surface area is 801 Å². The SMILES string of the molecule is C=CC(=O)N1CCC(C2CCNc3c(C(N)=O)c(-c4cc(C)c(C5CC5)c(OC)c4)nn32)CC1.C=CC(=O)N1CCC(C2CCNc3c(C(N)=O)c(-c4cc(CC)c(C)c(OC)c4)nn32)CC1.[2H]/C(C)=C(/[2H])C(=O)N1CCC(C2CCNc3c(C(N)=O)c(-c4cc(OC)c(C)c(OC)c4)nn32)CC1.[2H]C([2H])([2H])Oc1cc(-c2nn3c(c2C(N)=O)NCCC3C2CCN(C(=O)C=C)CC2)cc(OC)c1C1CC1. The second kappa shape index (κ2) is 42.1. The molecule has 4 aromatic heterocycles. The third kappa shape index (κ3) is 19.7. The highest BCUT2D eigenvalue weighted by molar-refractivity contribution is 6.07. The van der Waals surface area contributed by atoms with E-state index in [-0.39, 0.29) is 83.1 Å². The van der Waals surface area contributed by atoms with Crippen molar-refractivity contribution in [2.24, 2.45) is 46.6 Å². The fraction of sp³-hybridized carbons (Fsp3) is 0.490. The summed E-state index contributed by atoms with van der Waals surface area (Å²) in [6.07, 6.45) is 19.3. The molecule has 4 saturated heterocycles. The third-order valence-corrected chi connectivity index (χ3v) is 29.0. The number of nitrogens with two attached hydrogens (primary N) is 4.